The van der Waals surface area contributed by atoms with Crippen LogP contribution in [0.1, 0.15) is 31.7 Å². The van der Waals surface area contributed by atoms with Crippen molar-refractivity contribution in [1.29, 1.82) is 5.26 Å². The highest BCUT2D eigenvalue weighted by Crippen LogP contribution is 2.32. The van der Waals surface area contributed by atoms with Gasteiger partial charge >= 0.3 is 0 Å². The van der Waals surface area contributed by atoms with Crippen LogP contribution < -0.4 is 9.80 Å². The average Bonchev–Trinajstić information content (AvgIpc) is 3.22. The van der Waals surface area contributed by atoms with E-state index in [4.69, 9.17) is 0 Å². The van der Waals surface area contributed by atoms with Crippen LogP contribution in [0.15, 0.2) is 18.2 Å². The molecule has 0 aliphatic carbocycles. The monoisotopic (exact) mass is 343 g/mol. The maximum atomic E-state index is 12.3. The molecule has 0 aromatic heterocycles. The smallest absolute Gasteiger partial charge is 0.227 e. The Morgan fingerprint density at radius 3 is 2.79 bits per heavy atom. The molecule has 2 fully saturated rings. The summed E-state index contributed by atoms with van der Waals surface area (Å²) in [7, 11) is 0. The van der Waals surface area contributed by atoms with E-state index >= 15 is 0 Å². The second-order valence-corrected chi connectivity index (χ2v) is 7.58. The molecule has 24 heavy (non-hydrogen) atoms. The number of anilines is 2. The maximum Gasteiger partial charge on any atom is 0.227 e. The number of carbonyl (C=O) groups excluding carboxylic acids is 2. The largest absolute Gasteiger partial charge is 0.370 e. The van der Waals surface area contributed by atoms with Crippen molar-refractivity contribution in [2.45, 2.75) is 26.2 Å². The fraction of sp³-hybridized carbons (Fsp3) is 0.500. The second kappa shape index (κ2) is 7.27. The Kier molecular flexibility index (Phi) is 5.10. The van der Waals surface area contributed by atoms with Crippen LogP contribution in [0.25, 0.3) is 0 Å². The average molecular weight is 343 g/mol. The lowest BCUT2D eigenvalue weighted by molar-refractivity contribution is -0.117. The first-order chi connectivity index (χ1) is 11.6. The lowest BCUT2D eigenvalue weighted by Crippen LogP contribution is -2.25. The standard InChI is InChI=1S/C18H21N3O2S/c1-13(22)24-12-14-8-18(23)21(11-14)16-4-5-17(15(9-16)10-19)20-6-2-3-7-20/h4-5,9,14H,2-3,6-8,11-12H2,1H3. The molecule has 1 unspecified atom stereocenters. The topological polar surface area (TPSA) is 64.4 Å². The highest BCUT2D eigenvalue weighted by atomic mass is 32.2. The molecule has 0 radical (unpaired) electrons. The third-order valence-electron chi connectivity index (χ3n) is 4.59. The zero-order valence-corrected chi connectivity index (χ0v) is 14.6. The Morgan fingerprint density at radius 2 is 2.12 bits per heavy atom. The van der Waals surface area contributed by atoms with Gasteiger partial charge in [-0.05, 0) is 37.0 Å². The van der Waals surface area contributed by atoms with E-state index < -0.39 is 0 Å². The SMILES string of the molecule is CC(=O)SCC1CC(=O)N(c2ccc(N3CCCC3)c(C#N)c2)C1. The van der Waals surface area contributed by atoms with Gasteiger partial charge in [0.25, 0.3) is 0 Å². The highest BCUT2D eigenvalue weighted by molar-refractivity contribution is 8.13. The summed E-state index contributed by atoms with van der Waals surface area (Å²) in [5.74, 6) is 0.936. The summed E-state index contributed by atoms with van der Waals surface area (Å²) in [4.78, 5) is 27.4. The maximum absolute atomic E-state index is 12.3. The molecular formula is C18H21N3O2S. The van der Waals surface area contributed by atoms with Gasteiger partial charge in [-0.1, -0.05) is 11.8 Å². The third-order valence-corrected chi connectivity index (χ3v) is 5.63. The van der Waals surface area contributed by atoms with Gasteiger partial charge in [-0.2, -0.15) is 5.26 Å². The van der Waals surface area contributed by atoms with E-state index in [2.05, 4.69) is 11.0 Å². The molecule has 0 N–H and O–H groups in total. The van der Waals surface area contributed by atoms with Crippen molar-refractivity contribution < 1.29 is 9.59 Å². The lowest BCUT2D eigenvalue weighted by Gasteiger charge is -2.22. The Hall–Kier alpha value is -2.00. The molecule has 0 saturated carbocycles. The third kappa shape index (κ3) is 3.57. The molecule has 126 valence electrons. The van der Waals surface area contributed by atoms with Crippen molar-refractivity contribution in [2.24, 2.45) is 5.92 Å². The summed E-state index contributed by atoms with van der Waals surface area (Å²) in [6.07, 6.45) is 2.79. The van der Waals surface area contributed by atoms with E-state index in [-0.39, 0.29) is 16.9 Å². The normalized spacial score (nSPS) is 20.5. The summed E-state index contributed by atoms with van der Waals surface area (Å²) in [6.45, 7) is 4.14. The van der Waals surface area contributed by atoms with E-state index in [0.29, 0.717) is 24.3 Å². The summed E-state index contributed by atoms with van der Waals surface area (Å²) >= 11 is 1.28. The van der Waals surface area contributed by atoms with Gasteiger partial charge in [0.15, 0.2) is 5.12 Å². The second-order valence-electron chi connectivity index (χ2n) is 6.38. The molecule has 2 saturated heterocycles. The molecular weight excluding hydrogens is 322 g/mol. The summed E-state index contributed by atoms with van der Waals surface area (Å²) in [5, 5.41) is 9.57. The van der Waals surface area contributed by atoms with Crippen LogP contribution in [0, 0.1) is 17.2 Å². The van der Waals surface area contributed by atoms with Crippen LogP contribution >= 0.6 is 11.8 Å². The van der Waals surface area contributed by atoms with Gasteiger partial charge in [-0.25, -0.2) is 0 Å². The van der Waals surface area contributed by atoms with Crippen molar-refractivity contribution in [2.75, 3.05) is 35.2 Å². The number of carbonyl (C=O) groups is 2. The number of nitrogens with zero attached hydrogens (tertiary/aromatic N) is 3. The predicted octanol–water partition coefficient (Wildman–Crippen LogP) is 2.79. The number of amides is 1. The Bertz CT molecular complexity index is 692. The molecule has 1 amide bonds. The highest BCUT2D eigenvalue weighted by Gasteiger charge is 2.31. The molecule has 3 rings (SSSR count). The first-order valence-electron chi connectivity index (χ1n) is 8.31. The van der Waals surface area contributed by atoms with E-state index in [1.165, 1.54) is 11.8 Å². The molecule has 2 heterocycles. The summed E-state index contributed by atoms with van der Waals surface area (Å²) in [6, 6.07) is 8.00. The van der Waals surface area contributed by atoms with Crippen LogP contribution in [0.4, 0.5) is 11.4 Å². The molecule has 1 atom stereocenters. The minimum atomic E-state index is 0.0713. The molecule has 2 aliphatic rings. The van der Waals surface area contributed by atoms with E-state index in [1.807, 2.05) is 18.2 Å². The molecule has 0 bridgehead atoms. The number of hydrogen-bond acceptors (Lipinski definition) is 5. The van der Waals surface area contributed by atoms with E-state index in [9.17, 15) is 14.9 Å². The Morgan fingerprint density at radius 1 is 1.38 bits per heavy atom. The first-order valence-corrected chi connectivity index (χ1v) is 9.30. The minimum absolute atomic E-state index is 0.0713. The molecule has 5 nitrogen and oxygen atoms in total. The number of benzene rings is 1. The number of hydrogen-bond donors (Lipinski definition) is 0. The summed E-state index contributed by atoms with van der Waals surface area (Å²) in [5.41, 5.74) is 2.38. The van der Waals surface area contributed by atoms with Gasteiger partial charge < -0.3 is 9.80 Å². The molecule has 1 aromatic carbocycles. The molecule has 1 aromatic rings. The van der Waals surface area contributed by atoms with Crippen molar-refractivity contribution >= 4 is 34.2 Å². The van der Waals surface area contributed by atoms with Gasteiger partial charge in [0.2, 0.25) is 5.91 Å². The molecule has 2 aliphatic heterocycles. The Balaban J connectivity index is 1.76. The van der Waals surface area contributed by atoms with Gasteiger partial charge in [0.05, 0.1) is 11.3 Å². The van der Waals surface area contributed by atoms with Crippen LogP contribution in [-0.2, 0) is 9.59 Å². The van der Waals surface area contributed by atoms with Crippen molar-refractivity contribution in [1.82, 2.24) is 0 Å². The number of nitriles is 1. The molecule has 6 heteroatoms. The lowest BCUT2D eigenvalue weighted by atomic mass is 10.1. The Labute approximate surface area is 146 Å². The number of rotatable bonds is 4. The molecule has 0 spiro atoms. The van der Waals surface area contributed by atoms with Crippen LogP contribution in [0.3, 0.4) is 0 Å². The quantitative estimate of drug-likeness (QED) is 0.841. The number of thioether (sulfide) groups is 1. The van der Waals surface area contributed by atoms with Crippen LogP contribution in [-0.4, -0.2) is 36.4 Å². The van der Waals surface area contributed by atoms with Crippen LogP contribution in [0.5, 0.6) is 0 Å². The summed E-state index contributed by atoms with van der Waals surface area (Å²) < 4.78 is 0. The van der Waals surface area contributed by atoms with Crippen molar-refractivity contribution in [3.05, 3.63) is 23.8 Å². The fourth-order valence-corrected chi connectivity index (χ4v) is 4.09. The zero-order valence-electron chi connectivity index (χ0n) is 13.8. The predicted molar refractivity (Wildman–Crippen MR) is 96.2 cm³/mol. The van der Waals surface area contributed by atoms with Crippen molar-refractivity contribution in [3.63, 3.8) is 0 Å². The van der Waals surface area contributed by atoms with Gasteiger partial charge in [0.1, 0.15) is 6.07 Å². The minimum Gasteiger partial charge on any atom is -0.370 e. The van der Waals surface area contributed by atoms with Crippen LogP contribution in [0.2, 0.25) is 0 Å². The van der Waals surface area contributed by atoms with E-state index in [0.717, 1.165) is 37.3 Å². The fourth-order valence-electron chi connectivity index (χ4n) is 3.39. The zero-order chi connectivity index (χ0) is 17.1. The first kappa shape index (κ1) is 16.8. The van der Waals surface area contributed by atoms with Gasteiger partial charge in [-0.3, -0.25) is 9.59 Å². The van der Waals surface area contributed by atoms with Gasteiger partial charge in [-0.15, -0.1) is 0 Å². The van der Waals surface area contributed by atoms with Crippen molar-refractivity contribution in [3.8, 4) is 6.07 Å². The van der Waals surface area contributed by atoms with Gasteiger partial charge in [0, 0.05) is 44.4 Å². The van der Waals surface area contributed by atoms with E-state index in [1.54, 1.807) is 11.8 Å².